The Morgan fingerprint density at radius 2 is 2.14 bits per heavy atom. The molecule has 0 amide bonds. The van der Waals surface area contributed by atoms with Gasteiger partial charge in [-0.25, -0.2) is 4.79 Å². The first-order valence-electron chi connectivity index (χ1n) is 7.29. The Bertz CT molecular complexity index is 483. The summed E-state index contributed by atoms with van der Waals surface area (Å²) in [6.45, 7) is 5.39. The minimum absolute atomic E-state index is 0.110. The summed E-state index contributed by atoms with van der Waals surface area (Å²) in [5.41, 5.74) is 0.808. The van der Waals surface area contributed by atoms with Gasteiger partial charge in [-0.1, -0.05) is 30.3 Å². The molecular formula is C17H22O4. The molecule has 0 unspecified atom stereocenters. The van der Waals surface area contributed by atoms with Gasteiger partial charge in [0.2, 0.25) is 0 Å². The molecule has 1 aliphatic heterocycles. The van der Waals surface area contributed by atoms with Crippen LogP contribution in [0.5, 0.6) is 0 Å². The van der Waals surface area contributed by atoms with Crippen LogP contribution in [0.2, 0.25) is 0 Å². The molecule has 4 nitrogen and oxygen atoms in total. The fourth-order valence-electron chi connectivity index (χ4n) is 2.14. The van der Waals surface area contributed by atoms with E-state index in [2.05, 4.69) is 0 Å². The number of benzene rings is 1. The van der Waals surface area contributed by atoms with Crippen molar-refractivity contribution in [3.63, 3.8) is 0 Å². The van der Waals surface area contributed by atoms with Crippen LogP contribution in [-0.4, -0.2) is 30.9 Å². The minimum atomic E-state index is -0.358. The number of hydrogen-bond donors (Lipinski definition) is 0. The van der Waals surface area contributed by atoms with Crippen LogP contribution in [-0.2, 0) is 25.6 Å². The summed E-state index contributed by atoms with van der Waals surface area (Å²) in [4.78, 5) is 11.3. The summed E-state index contributed by atoms with van der Waals surface area (Å²) in [5.74, 6) is -0.326. The molecule has 1 fully saturated rings. The first kappa shape index (κ1) is 15.7. The van der Waals surface area contributed by atoms with Gasteiger partial charge in [0.15, 0.2) is 0 Å². The third kappa shape index (κ3) is 4.99. The number of ether oxygens (including phenoxy) is 3. The zero-order valence-corrected chi connectivity index (χ0v) is 12.6. The molecule has 114 valence electrons. The maximum atomic E-state index is 11.3. The summed E-state index contributed by atoms with van der Waals surface area (Å²) in [7, 11) is 0. The fraction of sp³-hybridized carbons (Fsp3) is 0.471. The van der Waals surface area contributed by atoms with Gasteiger partial charge >= 0.3 is 5.97 Å². The topological polar surface area (TPSA) is 48.1 Å². The van der Waals surface area contributed by atoms with Crippen molar-refractivity contribution >= 4 is 5.97 Å². The van der Waals surface area contributed by atoms with Crippen molar-refractivity contribution in [1.82, 2.24) is 0 Å². The van der Waals surface area contributed by atoms with Crippen LogP contribution in [0, 0.1) is 0 Å². The van der Waals surface area contributed by atoms with Gasteiger partial charge in [-0.05, 0) is 25.5 Å². The van der Waals surface area contributed by atoms with Gasteiger partial charge < -0.3 is 14.2 Å². The summed E-state index contributed by atoms with van der Waals surface area (Å²) >= 11 is 0. The van der Waals surface area contributed by atoms with Gasteiger partial charge in [0.1, 0.15) is 5.60 Å². The van der Waals surface area contributed by atoms with E-state index in [1.54, 1.807) is 13.0 Å². The molecular weight excluding hydrogens is 268 g/mol. The predicted molar refractivity (Wildman–Crippen MR) is 79.8 cm³/mol. The van der Waals surface area contributed by atoms with Gasteiger partial charge in [0, 0.05) is 19.1 Å². The van der Waals surface area contributed by atoms with E-state index in [-0.39, 0.29) is 17.7 Å². The smallest absolute Gasteiger partial charge is 0.330 e. The van der Waals surface area contributed by atoms with E-state index in [4.69, 9.17) is 14.2 Å². The number of esters is 1. The SMILES string of the molecule is CCOC(=O)/C=C/[C@@]1(C)O[C@@H]1CCOCc1ccccc1. The van der Waals surface area contributed by atoms with Crippen molar-refractivity contribution in [3.8, 4) is 0 Å². The third-order valence-corrected chi connectivity index (χ3v) is 3.45. The molecule has 2 rings (SSSR count). The van der Waals surface area contributed by atoms with Crippen molar-refractivity contribution in [2.45, 2.75) is 38.6 Å². The Kier molecular flexibility index (Phi) is 5.53. The molecule has 1 aromatic rings. The monoisotopic (exact) mass is 290 g/mol. The Labute approximate surface area is 125 Å². The van der Waals surface area contributed by atoms with Crippen LogP contribution in [0.25, 0.3) is 0 Å². The standard InChI is InChI=1S/C17H22O4/c1-3-20-16(18)9-11-17(2)15(21-17)10-12-19-13-14-7-5-4-6-8-14/h4-9,11,15H,3,10,12-13H2,1-2H3/b11-9+/t15-,17-/m1/s1. The molecule has 1 heterocycles. The molecule has 0 radical (unpaired) electrons. The average Bonchev–Trinajstić information content (AvgIpc) is 3.14. The van der Waals surface area contributed by atoms with Crippen LogP contribution in [0.15, 0.2) is 42.5 Å². The van der Waals surface area contributed by atoms with Crippen molar-refractivity contribution < 1.29 is 19.0 Å². The zero-order chi connectivity index (χ0) is 15.1. The lowest BCUT2D eigenvalue weighted by Crippen LogP contribution is -2.10. The average molecular weight is 290 g/mol. The summed E-state index contributed by atoms with van der Waals surface area (Å²) in [6, 6.07) is 10.1. The molecule has 1 saturated heterocycles. The Hall–Kier alpha value is -1.65. The number of carbonyl (C=O) groups excluding carboxylic acids is 1. The van der Waals surface area contributed by atoms with Crippen molar-refractivity contribution in [1.29, 1.82) is 0 Å². The van der Waals surface area contributed by atoms with E-state index in [0.29, 0.717) is 19.8 Å². The van der Waals surface area contributed by atoms with Gasteiger partial charge in [-0.3, -0.25) is 0 Å². The summed E-state index contributed by atoms with van der Waals surface area (Å²) < 4.78 is 16.1. The van der Waals surface area contributed by atoms with Gasteiger partial charge in [-0.15, -0.1) is 0 Å². The molecule has 0 bridgehead atoms. The molecule has 0 N–H and O–H groups in total. The molecule has 4 heteroatoms. The van der Waals surface area contributed by atoms with Gasteiger partial charge in [0.25, 0.3) is 0 Å². The van der Waals surface area contributed by atoms with Crippen LogP contribution in [0.3, 0.4) is 0 Å². The molecule has 0 aliphatic carbocycles. The second-order valence-corrected chi connectivity index (χ2v) is 5.20. The quantitative estimate of drug-likeness (QED) is 0.320. The number of hydrogen-bond acceptors (Lipinski definition) is 4. The van der Waals surface area contributed by atoms with Crippen LogP contribution in [0.4, 0.5) is 0 Å². The predicted octanol–water partition coefficient (Wildman–Crippen LogP) is 2.87. The molecule has 1 aromatic carbocycles. The van der Waals surface area contributed by atoms with Gasteiger partial charge in [0.05, 0.1) is 19.3 Å². The highest BCUT2D eigenvalue weighted by atomic mass is 16.6. The second kappa shape index (κ2) is 7.38. The Morgan fingerprint density at radius 1 is 1.38 bits per heavy atom. The van der Waals surface area contributed by atoms with Crippen molar-refractivity contribution in [3.05, 3.63) is 48.0 Å². The lowest BCUT2D eigenvalue weighted by atomic mass is 10.1. The lowest BCUT2D eigenvalue weighted by molar-refractivity contribution is -0.137. The number of epoxide rings is 1. The van der Waals surface area contributed by atoms with E-state index in [1.807, 2.05) is 37.3 Å². The Balaban J connectivity index is 1.64. The summed E-state index contributed by atoms with van der Waals surface area (Å²) in [5, 5.41) is 0. The first-order chi connectivity index (χ1) is 10.1. The van der Waals surface area contributed by atoms with E-state index in [1.165, 1.54) is 11.6 Å². The highest BCUT2D eigenvalue weighted by Gasteiger charge is 2.49. The van der Waals surface area contributed by atoms with Crippen molar-refractivity contribution in [2.24, 2.45) is 0 Å². The lowest BCUT2D eigenvalue weighted by Gasteiger charge is -2.03. The largest absolute Gasteiger partial charge is 0.463 e. The third-order valence-electron chi connectivity index (χ3n) is 3.45. The maximum Gasteiger partial charge on any atom is 0.330 e. The molecule has 0 aromatic heterocycles. The number of rotatable bonds is 8. The number of carbonyl (C=O) groups is 1. The fourth-order valence-corrected chi connectivity index (χ4v) is 2.14. The first-order valence-corrected chi connectivity index (χ1v) is 7.29. The molecule has 1 aliphatic rings. The minimum Gasteiger partial charge on any atom is -0.463 e. The van der Waals surface area contributed by atoms with Crippen LogP contribution in [0.1, 0.15) is 25.8 Å². The molecule has 0 saturated carbocycles. The van der Waals surface area contributed by atoms with E-state index in [0.717, 1.165) is 6.42 Å². The summed E-state index contributed by atoms with van der Waals surface area (Å²) in [6.07, 6.45) is 4.14. The zero-order valence-electron chi connectivity index (χ0n) is 12.6. The van der Waals surface area contributed by atoms with Crippen LogP contribution < -0.4 is 0 Å². The van der Waals surface area contributed by atoms with E-state index < -0.39 is 0 Å². The van der Waals surface area contributed by atoms with E-state index >= 15 is 0 Å². The highest BCUT2D eigenvalue weighted by molar-refractivity contribution is 5.82. The molecule has 0 spiro atoms. The molecule has 21 heavy (non-hydrogen) atoms. The van der Waals surface area contributed by atoms with E-state index in [9.17, 15) is 4.79 Å². The normalized spacial score (nSPS) is 24.2. The second-order valence-electron chi connectivity index (χ2n) is 5.20. The molecule has 2 atom stereocenters. The highest BCUT2D eigenvalue weighted by Crippen LogP contribution is 2.39. The Morgan fingerprint density at radius 3 is 2.86 bits per heavy atom. The van der Waals surface area contributed by atoms with Gasteiger partial charge in [-0.2, -0.15) is 0 Å². The van der Waals surface area contributed by atoms with Crippen LogP contribution >= 0.6 is 0 Å². The maximum absolute atomic E-state index is 11.3. The van der Waals surface area contributed by atoms with Crippen molar-refractivity contribution in [2.75, 3.05) is 13.2 Å².